The Labute approximate surface area is 137 Å². The molecule has 2 N–H and O–H groups in total. The third kappa shape index (κ3) is 5.71. The standard InChI is InChI=1S/C14H18F4N2O2.ClH/c15-4-3-12(20-7-5-19-6-8-20)11-9-10(1-2-13(11)21)22-14(16,17)18;/h1-2,9,12,19,21H,3-8H2;1H/t12-;/m1./s1. The second kappa shape index (κ2) is 8.56. The Morgan fingerprint density at radius 1 is 1.26 bits per heavy atom. The molecule has 0 saturated carbocycles. The van der Waals surface area contributed by atoms with Gasteiger partial charge in [-0.1, -0.05) is 0 Å². The lowest BCUT2D eigenvalue weighted by molar-refractivity contribution is -0.274. The second-order valence-electron chi connectivity index (χ2n) is 5.05. The van der Waals surface area contributed by atoms with Crippen LogP contribution in [0.2, 0.25) is 0 Å². The highest BCUT2D eigenvalue weighted by Gasteiger charge is 2.32. The van der Waals surface area contributed by atoms with Crippen molar-refractivity contribution < 1.29 is 27.4 Å². The van der Waals surface area contributed by atoms with Crippen molar-refractivity contribution >= 4 is 12.4 Å². The Morgan fingerprint density at radius 2 is 1.91 bits per heavy atom. The largest absolute Gasteiger partial charge is 0.573 e. The molecule has 0 aliphatic carbocycles. The van der Waals surface area contributed by atoms with Gasteiger partial charge in [0.25, 0.3) is 0 Å². The zero-order chi connectivity index (χ0) is 16.2. The van der Waals surface area contributed by atoms with Crippen LogP contribution in [-0.4, -0.2) is 49.2 Å². The summed E-state index contributed by atoms with van der Waals surface area (Å²) in [6, 6.07) is 2.83. The topological polar surface area (TPSA) is 44.7 Å². The number of rotatable bonds is 5. The molecule has 1 fully saturated rings. The molecule has 0 unspecified atom stereocenters. The second-order valence-corrected chi connectivity index (χ2v) is 5.05. The van der Waals surface area contributed by atoms with Gasteiger partial charge in [-0.2, -0.15) is 0 Å². The molecule has 23 heavy (non-hydrogen) atoms. The lowest BCUT2D eigenvalue weighted by Gasteiger charge is -2.35. The number of nitrogens with one attached hydrogen (secondary N) is 1. The van der Waals surface area contributed by atoms with Crippen LogP contribution in [0.25, 0.3) is 0 Å². The van der Waals surface area contributed by atoms with Gasteiger partial charge in [0, 0.05) is 37.8 Å². The first kappa shape index (κ1) is 19.8. The maximum atomic E-state index is 12.9. The molecule has 1 aromatic rings. The number of alkyl halides is 4. The van der Waals surface area contributed by atoms with Crippen molar-refractivity contribution in [3.05, 3.63) is 23.8 Å². The van der Waals surface area contributed by atoms with E-state index in [2.05, 4.69) is 10.1 Å². The predicted octanol–water partition coefficient (Wildman–Crippen LogP) is 3.02. The third-order valence-electron chi connectivity index (χ3n) is 3.57. The van der Waals surface area contributed by atoms with E-state index in [1.807, 2.05) is 4.90 Å². The van der Waals surface area contributed by atoms with Crippen LogP contribution >= 0.6 is 12.4 Å². The summed E-state index contributed by atoms with van der Waals surface area (Å²) in [5.41, 5.74) is 0.251. The van der Waals surface area contributed by atoms with Gasteiger partial charge in [-0.05, 0) is 24.6 Å². The fraction of sp³-hybridized carbons (Fsp3) is 0.571. The molecule has 0 radical (unpaired) electrons. The molecule has 1 aromatic carbocycles. The van der Waals surface area contributed by atoms with Crippen molar-refractivity contribution in [1.29, 1.82) is 0 Å². The van der Waals surface area contributed by atoms with Crippen LogP contribution in [0.4, 0.5) is 17.6 Å². The average molecular weight is 359 g/mol. The molecular weight excluding hydrogens is 340 g/mol. The minimum atomic E-state index is -4.81. The summed E-state index contributed by atoms with van der Waals surface area (Å²) < 4.78 is 53.7. The van der Waals surface area contributed by atoms with Gasteiger partial charge in [0.2, 0.25) is 0 Å². The van der Waals surface area contributed by atoms with E-state index < -0.39 is 24.8 Å². The molecule has 1 aliphatic rings. The Kier molecular flexibility index (Phi) is 7.37. The number of phenols is 1. The molecule has 132 valence electrons. The fourth-order valence-electron chi connectivity index (χ4n) is 2.63. The van der Waals surface area contributed by atoms with Crippen molar-refractivity contribution in [1.82, 2.24) is 10.2 Å². The van der Waals surface area contributed by atoms with Gasteiger partial charge in [-0.25, -0.2) is 0 Å². The van der Waals surface area contributed by atoms with Crippen molar-refractivity contribution in [2.45, 2.75) is 18.8 Å². The van der Waals surface area contributed by atoms with Crippen molar-refractivity contribution in [3.8, 4) is 11.5 Å². The molecule has 0 aromatic heterocycles. The maximum Gasteiger partial charge on any atom is 0.573 e. The summed E-state index contributed by atoms with van der Waals surface area (Å²) in [6.07, 6.45) is -4.71. The monoisotopic (exact) mass is 358 g/mol. The van der Waals surface area contributed by atoms with Gasteiger partial charge in [-0.15, -0.1) is 25.6 Å². The Morgan fingerprint density at radius 3 is 2.48 bits per heavy atom. The number of aromatic hydroxyl groups is 1. The molecule has 1 atom stereocenters. The van der Waals surface area contributed by atoms with E-state index in [0.29, 0.717) is 26.2 Å². The minimum Gasteiger partial charge on any atom is -0.508 e. The number of phenolic OH excluding ortho intramolecular Hbond substituents is 1. The van der Waals surface area contributed by atoms with E-state index in [4.69, 9.17) is 0 Å². The van der Waals surface area contributed by atoms with E-state index in [1.165, 1.54) is 0 Å². The van der Waals surface area contributed by atoms with Gasteiger partial charge >= 0.3 is 6.36 Å². The van der Waals surface area contributed by atoms with Gasteiger partial charge in [-0.3, -0.25) is 9.29 Å². The SMILES string of the molecule is Cl.Oc1ccc(OC(F)(F)F)cc1[C@@H](CCF)N1CCNCC1. The lowest BCUT2D eigenvalue weighted by atomic mass is 10.00. The smallest absolute Gasteiger partial charge is 0.508 e. The van der Waals surface area contributed by atoms with Crippen molar-refractivity contribution in [2.75, 3.05) is 32.9 Å². The quantitative estimate of drug-likeness (QED) is 0.794. The minimum absolute atomic E-state index is 0. The molecule has 0 spiro atoms. The fourth-order valence-corrected chi connectivity index (χ4v) is 2.63. The molecular formula is C14H19ClF4N2O2. The van der Waals surface area contributed by atoms with E-state index in [0.717, 1.165) is 18.2 Å². The Hall–Kier alpha value is -1.25. The highest BCUT2D eigenvalue weighted by Crippen LogP contribution is 2.35. The first-order chi connectivity index (χ1) is 10.4. The maximum absolute atomic E-state index is 12.9. The molecule has 9 heteroatoms. The number of nitrogens with zero attached hydrogens (tertiary/aromatic N) is 1. The van der Waals surface area contributed by atoms with Crippen molar-refractivity contribution in [2.24, 2.45) is 0 Å². The summed E-state index contributed by atoms with van der Waals surface area (Å²) in [6.45, 7) is 2.06. The number of benzene rings is 1. The predicted molar refractivity (Wildman–Crippen MR) is 79.8 cm³/mol. The van der Waals surface area contributed by atoms with Crippen LogP contribution in [0.3, 0.4) is 0 Å². The summed E-state index contributed by atoms with van der Waals surface area (Å²) in [5.74, 6) is -0.578. The summed E-state index contributed by atoms with van der Waals surface area (Å²) in [4.78, 5) is 1.95. The molecule has 2 rings (SSSR count). The third-order valence-corrected chi connectivity index (χ3v) is 3.57. The number of hydrogen-bond acceptors (Lipinski definition) is 4. The lowest BCUT2D eigenvalue weighted by Crippen LogP contribution is -2.45. The van der Waals surface area contributed by atoms with E-state index in [1.54, 1.807) is 0 Å². The molecule has 4 nitrogen and oxygen atoms in total. The van der Waals surface area contributed by atoms with Gasteiger partial charge in [0.05, 0.1) is 6.67 Å². The summed E-state index contributed by atoms with van der Waals surface area (Å²) in [5, 5.41) is 13.1. The molecule has 0 amide bonds. The van der Waals surface area contributed by atoms with Gasteiger partial charge in [0.1, 0.15) is 11.5 Å². The highest BCUT2D eigenvalue weighted by atomic mass is 35.5. The van der Waals surface area contributed by atoms with Crippen LogP contribution in [0.1, 0.15) is 18.0 Å². The van der Waals surface area contributed by atoms with E-state index >= 15 is 0 Å². The van der Waals surface area contributed by atoms with Crippen LogP contribution in [-0.2, 0) is 0 Å². The van der Waals surface area contributed by atoms with Crippen LogP contribution in [0, 0.1) is 0 Å². The first-order valence-electron chi connectivity index (χ1n) is 7.00. The molecule has 0 bridgehead atoms. The highest BCUT2D eigenvalue weighted by molar-refractivity contribution is 5.85. The van der Waals surface area contributed by atoms with Gasteiger partial charge in [0.15, 0.2) is 0 Å². The van der Waals surface area contributed by atoms with E-state index in [-0.39, 0.29) is 30.1 Å². The molecule has 1 heterocycles. The number of ether oxygens (including phenoxy) is 1. The van der Waals surface area contributed by atoms with Gasteiger partial charge < -0.3 is 15.2 Å². The Bertz CT molecular complexity index is 496. The average Bonchev–Trinajstić information content (AvgIpc) is 2.46. The van der Waals surface area contributed by atoms with Crippen LogP contribution in [0.15, 0.2) is 18.2 Å². The van der Waals surface area contributed by atoms with Crippen LogP contribution in [0.5, 0.6) is 11.5 Å². The summed E-state index contributed by atoms with van der Waals surface area (Å²) >= 11 is 0. The zero-order valence-electron chi connectivity index (χ0n) is 12.3. The first-order valence-corrected chi connectivity index (χ1v) is 7.00. The number of halogens is 5. The zero-order valence-corrected chi connectivity index (χ0v) is 13.1. The Balaban J connectivity index is 0.00000264. The number of piperazine rings is 1. The molecule has 1 aliphatic heterocycles. The summed E-state index contributed by atoms with van der Waals surface area (Å²) in [7, 11) is 0. The molecule has 1 saturated heterocycles. The number of hydrogen-bond donors (Lipinski definition) is 2. The normalized spacial score (nSPS) is 17.4. The van der Waals surface area contributed by atoms with E-state index in [9.17, 15) is 22.7 Å². The van der Waals surface area contributed by atoms with Crippen molar-refractivity contribution in [3.63, 3.8) is 0 Å². The van der Waals surface area contributed by atoms with Crippen LogP contribution < -0.4 is 10.1 Å².